The van der Waals surface area contributed by atoms with Crippen molar-refractivity contribution in [3.63, 3.8) is 0 Å². The number of amides is 1. The molecule has 0 radical (unpaired) electrons. The number of carbonyl (C=O) groups excluding carboxylic acids is 4. The second-order valence-corrected chi connectivity index (χ2v) is 13.2. The lowest BCUT2D eigenvalue weighted by molar-refractivity contribution is -0.154. The molecule has 0 aromatic carbocycles. The van der Waals surface area contributed by atoms with E-state index in [0.717, 1.165) is 12.8 Å². The van der Waals surface area contributed by atoms with E-state index in [1.54, 1.807) is 13.8 Å². The van der Waals surface area contributed by atoms with Crippen LogP contribution in [0.3, 0.4) is 0 Å². The highest BCUT2D eigenvalue weighted by atomic mass is 31.2. The largest absolute Gasteiger partial charge is 0.466 e. The van der Waals surface area contributed by atoms with E-state index in [1.165, 1.54) is 0 Å². The van der Waals surface area contributed by atoms with Gasteiger partial charge in [0.2, 0.25) is 0 Å². The molecule has 13 heteroatoms. The van der Waals surface area contributed by atoms with Crippen LogP contribution in [0.15, 0.2) is 0 Å². The van der Waals surface area contributed by atoms with Gasteiger partial charge in [0.05, 0.1) is 36.8 Å². The second-order valence-electron chi connectivity index (χ2n) is 11.4. The molecular weight excluding hydrogens is 557 g/mol. The molecule has 0 spiro atoms. The summed E-state index contributed by atoms with van der Waals surface area (Å²) in [7, 11) is -4.06. The number of hydrogen-bond acceptors (Lipinski definition) is 9. The van der Waals surface area contributed by atoms with Crippen LogP contribution in [0.5, 0.6) is 0 Å². The van der Waals surface area contributed by atoms with Crippen LogP contribution in [-0.4, -0.2) is 72.9 Å². The highest BCUT2D eigenvalue weighted by Crippen LogP contribution is 2.33. The SMILES string of the molecule is CCC(C)(C)C(=O)OCCNC(=O)OCCCCCC(=O)OCCC(C)C.CCC(C)(C)C(=O)OCCP(=O)(O)O. The van der Waals surface area contributed by atoms with Crippen LogP contribution in [0.25, 0.3) is 0 Å². The molecule has 0 aromatic heterocycles. The molecule has 0 saturated carbocycles. The molecule has 0 bridgehead atoms. The van der Waals surface area contributed by atoms with Crippen molar-refractivity contribution in [2.75, 3.05) is 39.1 Å². The summed E-state index contributed by atoms with van der Waals surface area (Å²) in [6.07, 6.45) is 3.83. The number of unbranched alkanes of at least 4 members (excludes halogenated alkanes) is 2. The van der Waals surface area contributed by atoms with Gasteiger partial charge in [-0.25, -0.2) is 4.79 Å². The van der Waals surface area contributed by atoms with Crippen molar-refractivity contribution in [3.05, 3.63) is 0 Å². The van der Waals surface area contributed by atoms with Gasteiger partial charge in [0.1, 0.15) is 13.2 Å². The molecule has 0 heterocycles. The third-order valence-electron chi connectivity index (χ3n) is 6.31. The van der Waals surface area contributed by atoms with Crippen molar-refractivity contribution in [2.24, 2.45) is 16.7 Å². The van der Waals surface area contributed by atoms with E-state index in [0.29, 0.717) is 44.6 Å². The summed E-state index contributed by atoms with van der Waals surface area (Å²) in [4.78, 5) is 63.1. The van der Waals surface area contributed by atoms with Crippen LogP contribution in [0, 0.1) is 16.7 Å². The lowest BCUT2D eigenvalue weighted by Gasteiger charge is -2.20. The lowest BCUT2D eigenvalue weighted by atomic mass is 9.91. The van der Waals surface area contributed by atoms with Crippen LogP contribution in [0.4, 0.5) is 4.79 Å². The molecule has 0 aliphatic carbocycles. The predicted molar refractivity (Wildman–Crippen MR) is 155 cm³/mol. The number of rotatable bonds is 19. The Balaban J connectivity index is 0. The first-order chi connectivity index (χ1) is 18.9. The van der Waals surface area contributed by atoms with Crippen molar-refractivity contribution in [1.82, 2.24) is 5.32 Å². The Morgan fingerprint density at radius 1 is 0.756 bits per heavy atom. The Bertz CT molecular complexity index is 822. The standard InChI is InChI=1S/C20H37NO6.C8H17O5P/c1-6-20(4,5)18(23)26-15-12-21-19(24)27-13-9-7-8-10-17(22)25-14-11-16(2)3;1-4-8(2,3)7(9)13-5-6-14(10,11)12/h16H,6-15H2,1-5H3,(H,21,24);4-6H2,1-3H3,(H2,10,11,12). The number of alkyl carbamates (subject to hydrolysis) is 1. The summed E-state index contributed by atoms with van der Waals surface area (Å²) in [5, 5.41) is 2.54. The van der Waals surface area contributed by atoms with Crippen LogP contribution < -0.4 is 5.32 Å². The molecule has 242 valence electrons. The van der Waals surface area contributed by atoms with E-state index in [1.807, 2.05) is 27.7 Å². The molecule has 12 nitrogen and oxygen atoms in total. The van der Waals surface area contributed by atoms with E-state index >= 15 is 0 Å². The monoisotopic (exact) mass is 611 g/mol. The topological polar surface area (TPSA) is 175 Å². The van der Waals surface area contributed by atoms with Crippen molar-refractivity contribution in [1.29, 1.82) is 0 Å². The van der Waals surface area contributed by atoms with E-state index in [-0.39, 0.29) is 38.3 Å². The molecule has 41 heavy (non-hydrogen) atoms. The van der Waals surface area contributed by atoms with E-state index < -0.39 is 36.7 Å². The Labute approximate surface area is 245 Å². The minimum atomic E-state index is -4.06. The maximum absolute atomic E-state index is 11.7. The number of nitrogens with one attached hydrogen (secondary N) is 1. The van der Waals surface area contributed by atoms with Gasteiger partial charge in [-0.15, -0.1) is 0 Å². The fourth-order valence-electron chi connectivity index (χ4n) is 2.48. The van der Waals surface area contributed by atoms with Crippen molar-refractivity contribution < 1.29 is 52.5 Å². The first-order valence-electron chi connectivity index (χ1n) is 14.3. The van der Waals surface area contributed by atoms with E-state index in [2.05, 4.69) is 19.2 Å². The Morgan fingerprint density at radius 2 is 1.29 bits per heavy atom. The van der Waals surface area contributed by atoms with Gasteiger partial charge in [0.15, 0.2) is 0 Å². The second kappa shape index (κ2) is 21.5. The van der Waals surface area contributed by atoms with Crippen LogP contribution in [-0.2, 0) is 37.9 Å². The van der Waals surface area contributed by atoms with Gasteiger partial charge >= 0.3 is 31.6 Å². The number of hydrogen-bond donors (Lipinski definition) is 3. The zero-order valence-electron chi connectivity index (χ0n) is 26.3. The van der Waals surface area contributed by atoms with Crippen molar-refractivity contribution in [2.45, 2.75) is 100 Å². The maximum atomic E-state index is 11.7. The molecule has 0 saturated heterocycles. The lowest BCUT2D eigenvalue weighted by Crippen LogP contribution is -2.32. The van der Waals surface area contributed by atoms with Gasteiger partial charge < -0.3 is 34.1 Å². The highest BCUT2D eigenvalue weighted by Gasteiger charge is 2.28. The highest BCUT2D eigenvalue weighted by molar-refractivity contribution is 7.51. The van der Waals surface area contributed by atoms with Gasteiger partial charge in [0, 0.05) is 6.42 Å². The summed E-state index contributed by atoms with van der Waals surface area (Å²) in [6, 6.07) is 0. The van der Waals surface area contributed by atoms with Gasteiger partial charge in [-0.3, -0.25) is 18.9 Å². The Kier molecular flexibility index (Phi) is 21.5. The Hall–Kier alpha value is -2.17. The summed E-state index contributed by atoms with van der Waals surface area (Å²) >= 11 is 0. The first kappa shape index (κ1) is 41.0. The fourth-order valence-corrected chi connectivity index (χ4v) is 2.81. The molecule has 0 atom stereocenters. The van der Waals surface area contributed by atoms with Crippen LogP contribution in [0.2, 0.25) is 0 Å². The third kappa shape index (κ3) is 24.2. The molecule has 0 rings (SSSR count). The predicted octanol–water partition coefficient (Wildman–Crippen LogP) is 4.99. The summed E-state index contributed by atoms with van der Waals surface area (Å²) in [5.74, 6) is -0.345. The fraction of sp³-hybridized carbons (Fsp3) is 0.857. The first-order valence-corrected chi connectivity index (χ1v) is 16.1. The van der Waals surface area contributed by atoms with E-state index in [9.17, 15) is 23.7 Å². The smallest absolute Gasteiger partial charge is 0.407 e. The molecule has 0 aliphatic rings. The average Bonchev–Trinajstić information content (AvgIpc) is 2.87. The molecule has 1 amide bonds. The number of ether oxygens (including phenoxy) is 4. The zero-order valence-corrected chi connectivity index (χ0v) is 27.2. The minimum absolute atomic E-state index is 0.121. The maximum Gasteiger partial charge on any atom is 0.407 e. The normalized spacial score (nSPS) is 11.7. The quantitative estimate of drug-likeness (QED) is 0.0777. The van der Waals surface area contributed by atoms with Gasteiger partial charge in [0.25, 0.3) is 0 Å². The van der Waals surface area contributed by atoms with Crippen molar-refractivity contribution >= 4 is 31.6 Å². The van der Waals surface area contributed by atoms with Gasteiger partial charge in [-0.05, 0) is 72.1 Å². The Morgan fingerprint density at radius 3 is 1.78 bits per heavy atom. The number of carbonyl (C=O) groups is 4. The summed E-state index contributed by atoms with van der Waals surface area (Å²) in [5.41, 5.74) is -1.10. The van der Waals surface area contributed by atoms with Gasteiger partial charge in [-0.2, -0.15) is 0 Å². The molecule has 0 aliphatic heterocycles. The molecule has 0 unspecified atom stereocenters. The molecule has 0 aromatic rings. The average molecular weight is 612 g/mol. The van der Waals surface area contributed by atoms with Crippen LogP contribution >= 0.6 is 7.60 Å². The van der Waals surface area contributed by atoms with Crippen molar-refractivity contribution in [3.8, 4) is 0 Å². The van der Waals surface area contributed by atoms with Gasteiger partial charge in [-0.1, -0.05) is 27.7 Å². The number of esters is 3. The minimum Gasteiger partial charge on any atom is -0.466 e. The molecule has 3 N–H and O–H groups in total. The third-order valence-corrected chi connectivity index (χ3v) is 7.08. The summed E-state index contributed by atoms with van der Waals surface area (Å²) in [6.45, 7) is 15.9. The van der Waals surface area contributed by atoms with Crippen LogP contribution in [0.1, 0.15) is 100 Å². The molecular formula is C28H54NO11P. The van der Waals surface area contributed by atoms with E-state index in [4.69, 9.17) is 28.7 Å². The summed E-state index contributed by atoms with van der Waals surface area (Å²) < 4.78 is 30.5. The molecule has 0 fully saturated rings. The zero-order chi connectivity index (χ0) is 32.1.